The lowest BCUT2D eigenvalue weighted by Gasteiger charge is -2.35. The Kier molecular flexibility index (Phi) is 3.22. The standard InChI is InChI=1S/C8H16N4/c1-4-9-10-12-6-5-11(3)7-8(12)2/h4,8H,1,5-7H2,2-3H3. The third-order valence-electron chi connectivity index (χ3n) is 2.04. The number of hydrogen-bond acceptors (Lipinski definition) is 3. The van der Waals surface area contributed by atoms with Gasteiger partial charge >= 0.3 is 0 Å². The molecule has 1 unspecified atom stereocenters. The van der Waals surface area contributed by atoms with Crippen LogP contribution in [0.25, 0.3) is 0 Å². The molecule has 0 saturated carbocycles. The van der Waals surface area contributed by atoms with Gasteiger partial charge in [-0.2, -0.15) is 0 Å². The van der Waals surface area contributed by atoms with Crippen molar-refractivity contribution < 1.29 is 0 Å². The minimum Gasteiger partial charge on any atom is -0.302 e. The minimum atomic E-state index is 0.451. The highest BCUT2D eigenvalue weighted by Gasteiger charge is 2.19. The third-order valence-corrected chi connectivity index (χ3v) is 2.04. The van der Waals surface area contributed by atoms with Gasteiger partial charge in [-0.1, -0.05) is 11.8 Å². The van der Waals surface area contributed by atoms with E-state index in [2.05, 4.69) is 35.8 Å². The van der Waals surface area contributed by atoms with Crippen molar-refractivity contribution in [2.24, 2.45) is 10.3 Å². The van der Waals surface area contributed by atoms with Gasteiger partial charge in [0.1, 0.15) is 0 Å². The summed E-state index contributed by atoms with van der Waals surface area (Å²) in [5.41, 5.74) is 0. The molecule has 1 rings (SSSR count). The predicted molar refractivity (Wildman–Crippen MR) is 48.7 cm³/mol. The van der Waals surface area contributed by atoms with Crippen LogP contribution in [0, 0.1) is 0 Å². The van der Waals surface area contributed by atoms with E-state index in [1.807, 2.05) is 5.01 Å². The summed E-state index contributed by atoms with van der Waals surface area (Å²) in [4.78, 5) is 2.30. The maximum Gasteiger partial charge on any atom is 0.0586 e. The third kappa shape index (κ3) is 2.30. The summed E-state index contributed by atoms with van der Waals surface area (Å²) in [6, 6.07) is 0.451. The van der Waals surface area contributed by atoms with E-state index >= 15 is 0 Å². The molecule has 1 aliphatic heterocycles. The number of hydrogen-bond donors (Lipinski definition) is 0. The van der Waals surface area contributed by atoms with E-state index in [9.17, 15) is 0 Å². The average Bonchev–Trinajstić information content (AvgIpc) is 2.03. The molecule has 1 saturated heterocycles. The average molecular weight is 168 g/mol. The van der Waals surface area contributed by atoms with E-state index in [1.54, 1.807) is 0 Å². The van der Waals surface area contributed by atoms with Gasteiger partial charge < -0.3 is 4.90 Å². The zero-order chi connectivity index (χ0) is 8.97. The highest BCUT2D eigenvalue weighted by molar-refractivity contribution is 4.74. The maximum atomic E-state index is 4.03. The van der Waals surface area contributed by atoms with Crippen molar-refractivity contribution >= 4 is 0 Å². The van der Waals surface area contributed by atoms with E-state index in [0.717, 1.165) is 19.6 Å². The lowest BCUT2D eigenvalue weighted by atomic mass is 10.2. The van der Waals surface area contributed by atoms with Crippen LogP contribution in [0.3, 0.4) is 0 Å². The van der Waals surface area contributed by atoms with E-state index in [4.69, 9.17) is 0 Å². The van der Waals surface area contributed by atoms with Gasteiger partial charge in [0, 0.05) is 19.3 Å². The first-order valence-corrected chi connectivity index (χ1v) is 4.21. The first kappa shape index (κ1) is 9.19. The summed E-state index contributed by atoms with van der Waals surface area (Å²) >= 11 is 0. The molecule has 0 radical (unpaired) electrons. The van der Waals surface area contributed by atoms with Gasteiger partial charge in [-0.05, 0) is 14.0 Å². The van der Waals surface area contributed by atoms with Crippen LogP contribution in [0.1, 0.15) is 6.92 Å². The molecular weight excluding hydrogens is 152 g/mol. The fraction of sp³-hybridized carbons (Fsp3) is 0.750. The van der Waals surface area contributed by atoms with Crippen molar-refractivity contribution in [3.8, 4) is 0 Å². The Morgan fingerprint density at radius 3 is 2.83 bits per heavy atom. The van der Waals surface area contributed by atoms with E-state index < -0.39 is 0 Å². The van der Waals surface area contributed by atoms with Crippen molar-refractivity contribution in [3.63, 3.8) is 0 Å². The first-order chi connectivity index (χ1) is 5.74. The second-order valence-corrected chi connectivity index (χ2v) is 3.16. The molecule has 68 valence electrons. The van der Waals surface area contributed by atoms with Crippen LogP contribution in [-0.4, -0.2) is 42.6 Å². The number of nitrogens with zero attached hydrogens (tertiary/aromatic N) is 4. The largest absolute Gasteiger partial charge is 0.302 e. The molecular formula is C8H16N4. The Labute approximate surface area is 73.5 Å². The molecule has 0 aromatic heterocycles. The Morgan fingerprint density at radius 2 is 2.25 bits per heavy atom. The van der Waals surface area contributed by atoms with Gasteiger partial charge in [0.2, 0.25) is 0 Å². The van der Waals surface area contributed by atoms with Crippen LogP contribution in [0.2, 0.25) is 0 Å². The van der Waals surface area contributed by atoms with Gasteiger partial charge in [0.05, 0.1) is 12.6 Å². The lowest BCUT2D eigenvalue weighted by molar-refractivity contribution is 0.0959. The summed E-state index contributed by atoms with van der Waals surface area (Å²) in [6.07, 6.45) is 1.46. The number of rotatable bonds is 2. The summed E-state index contributed by atoms with van der Waals surface area (Å²) in [5.74, 6) is 0. The number of likely N-dealkylation sites (N-methyl/N-ethyl adjacent to an activating group) is 1. The topological polar surface area (TPSA) is 31.2 Å². The maximum absolute atomic E-state index is 4.03. The highest BCUT2D eigenvalue weighted by atomic mass is 15.6. The van der Waals surface area contributed by atoms with Crippen LogP contribution >= 0.6 is 0 Å². The lowest BCUT2D eigenvalue weighted by Crippen LogP contribution is -2.47. The van der Waals surface area contributed by atoms with E-state index in [1.165, 1.54) is 6.20 Å². The van der Waals surface area contributed by atoms with Crippen LogP contribution in [0.15, 0.2) is 23.1 Å². The monoisotopic (exact) mass is 168 g/mol. The molecule has 4 heteroatoms. The molecule has 1 aliphatic rings. The van der Waals surface area contributed by atoms with Crippen LogP contribution in [0.5, 0.6) is 0 Å². The van der Waals surface area contributed by atoms with E-state index in [-0.39, 0.29) is 0 Å². The second kappa shape index (κ2) is 4.21. The van der Waals surface area contributed by atoms with E-state index in [0.29, 0.717) is 6.04 Å². The molecule has 12 heavy (non-hydrogen) atoms. The Balaban J connectivity index is 2.44. The molecule has 0 bridgehead atoms. The molecule has 1 heterocycles. The fourth-order valence-corrected chi connectivity index (χ4v) is 1.37. The Hall–Kier alpha value is -0.900. The Bertz CT molecular complexity index is 178. The van der Waals surface area contributed by atoms with Gasteiger partial charge in [-0.3, -0.25) is 5.01 Å². The Morgan fingerprint density at radius 1 is 1.50 bits per heavy atom. The zero-order valence-corrected chi connectivity index (χ0v) is 7.77. The molecule has 0 spiro atoms. The highest BCUT2D eigenvalue weighted by Crippen LogP contribution is 2.07. The van der Waals surface area contributed by atoms with Crippen molar-refractivity contribution in [2.45, 2.75) is 13.0 Å². The van der Waals surface area contributed by atoms with Crippen LogP contribution < -0.4 is 0 Å². The second-order valence-electron chi connectivity index (χ2n) is 3.16. The quantitative estimate of drug-likeness (QED) is 0.579. The summed E-state index contributed by atoms with van der Waals surface area (Å²) < 4.78 is 0. The van der Waals surface area contributed by atoms with Crippen LogP contribution in [0.4, 0.5) is 0 Å². The van der Waals surface area contributed by atoms with Gasteiger partial charge in [-0.15, -0.1) is 5.11 Å². The van der Waals surface area contributed by atoms with Gasteiger partial charge in [-0.25, -0.2) is 0 Å². The normalized spacial score (nSPS) is 26.5. The summed E-state index contributed by atoms with van der Waals surface area (Å²) in [7, 11) is 2.12. The molecule has 0 amide bonds. The summed E-state index contributed by atoms with van der Waals surface area (Å²) in [6.45, 7) is 8.70. The summed E-state index contributed by atoms with van der Waals surface area (Å²) in [5, 5.41) is 9.80. The molecule has 0 aromatic rings. The molecule has 1 atom stereocenters. The van der Waals surface area contributed by atoms with Crippen molar-refractivity contribution in [1.29, 1.82) is 0 Å². The molecule has 4 nitrogen and oxygen atoms in total. The first-order valence-electron chi connectivity index (χ1n) is 4.21. The van der Waals surface area contributed by atoms with Crippen molar-refractivity contribution in [2.75, 3.05) is 26.7 Å². The fourth-order valence-electron chi connectivity index (χ4n) is 1.37. The van der Waals surface area contributed by atoms with Gasteiger partial charge in [0.25, 0.3) is 0 Å². The molecule has 0 aromatic carbocycles. The molecule has 0 aliphatic carbocycles. The molecule has 1 fully saturated rings. The smallest absolute Gasteiger partial charge is 0.0586 e. The van der Waals surface area contributed by atoms with Crippen molar-refractivity contribution in [3.05, 3.63) is 12.8 Å². The minimum absolute atomic E-state index is 0.451. The predicted octanol–water partition coefficient (Wildman–Crippen LogP) is 1.13. The van der Waals surface area contributed by atoms with Crippen molar-refractivity contribution in [1.82, 2.24) is 9.91 Å². The SMILES string of the molecule is C=CN=NN1CCN(C)CC1C. The van der Waals surface area contributed by atoms with Crippen LogP contribution in [-0.2, 0) is 0 Å². The molecule has 0 N–H and O–H groups in total. The van der Waals surface area contributed by atoms with Gasteiger partial charge in [0.15, 0.2) is 0 Å². The number of piperazine rings is 1. The zero-order valence-electron chi connectivity index (χ0n) is 7.77.